The predicted molar refractivity (Wildman–Crippen MR) is 135 cm³/mol. The maximum atomic E-state index is 5.78. The molecule has 0 bridgehead atoms. The van der Waals surface area contributed by atoms with Crippen molar-refractivity contribution in [3.63, 3.8) is 0 Å². The fraction of sp³-hybridized carbons (Fsp3) is 0.133. The van der Waals surface area contributed by atoms with Gasteiger partial charge in [0.15, 0.2) is 0 Å². The Labute approximate surface area is 183 Å². The number of hydrogen-bond donors (Lipinski definition) is 0. The van der Waals surface area contributed by atoms with Crippen molar-refractivity contribution < 1.29 is 4.74 Å². The molecule has 5 aromatic carbocycles. The zero-order valence-electron chi connectivity index (χ0n) is 17.8. The van der Waals surface area contributed by atoms with Crippen LogP contribution in [0.2, 0.25) is 0 Å². The molecule has 0 saturated heterocycles. The van der Waals surface area contributed by atoms with Gasteiger partial charge in [-0.2, -0.15) is 0 Å². The molecule has 0 fully saturated rings. The molecule has 0 spiro atoms. The highest BCUT2D eigenvalue weighted by molar-refractivity contribution is 6.24. The second-order valence-electron chi connectivity index (χ2n) is 8.05. The summed E-state index contributed by atoms with van der Waals surface area (Å²) >= 11 is 0. The van der Waals surface area contributed by atoms with Crippen LogP contribution in [-0.4, -0.2) is 0 Å². The van der Waals surface area contributed by atoms with Gasteiger partial charge in [-0.05, 0) is 74.5 Å². The first kappa shape index (κ1) is 19.4. The molecule has 0 unspecified atom stereocenters. The highest BCUT2D eigenvalue weighted by atomic mass is 16.5. The molecule has 5 aromatic rings. The molecule has 1 heteroatoms. The third kappa shape index (κ3) is 3.92. The molecule has 0 saturated carbocycles. The summed E-state index contributed by atoms with van der Waals surface area (Å²) in [6.45, 7) is 2.20. The minimum absolute atomic E-state index is 0.866. The first-order valence-electron chi connectivity index (χ1n) is 11.1. The van der Waals surface area contributed by atoms with Gasteiger partial charge in [0.1, 0.15) is 5.75 Å². The van der Waals surface area contributed by atoms with Gasteiger partial charge in [-0.15, -0.1) is 0 Å². The van der Waals surface area contributed by atoms with Crippen LogP contribution in [-0.2, 0) is 0 Å². The maximum Gasteiger partial charge on any atom is 0.127 e. The van der Waals surface area contributed by atoms with Crippen molar-refractivity contribution in [1.29, 1.82) is 0 Å². The minimum atomic E-state index is 0.866. The highest BCUT2D eigenvalue weighted by Gasteiger charge is 2.09. The molecule has 152 valence electrons. The summed E-state index contributed by atoms with van der Waals surface area (Å²) in [4.78, 5) is 0. The van der Waals surface area contributed by atoms with E-state index in [4.69, 9.17) is 4.74 Å². The fourth-order valence-electron chi connectivity index (χ4n) is 4.30. The number of unbranched alkanes of at least 4 members (excludes halogenated alkanes) is 2. The van der Waals surface area contributed by atoms with Crippen molar-refractivity contribution in [3.05, 3.63) is 102 Å². The molecule has 0 aromatic heterocycles. The lowest BCUT2D eigenvalue weighted by Crippen LogP contribution is -1.86. The third-order valence-corrected chi connectivity index (χ3v) is 5.90. The average Bonchev–Trinajstić information content (AvgIpc) is 2.82. The van der Waals surface area contributed by atoms with Crippen molar-refractivity contribution in [2.24, 2.45) is 0 Å². The van der Waals surface area contributed by atoms with Gasteiger partial charge in [0, 0.05) is 0 Å². The first-order valence-corrected chi connectivity index (χ1v) is 11.1. The van der Waals surface area contributed by atoms with Gasteiger partial charge in [-0.3, -0.25) is 0 Å². The number of ether oxygens (including phenoxy) is 1. The molecule has 1 nitrogen and oxygen atoms in total. The molecule has 0 N–H and O–H groups in total. The molecule has 0 heterocycles. The molecular formula is C30H26O. The maximum absolute atomic E-state index is 5.78. The van der Waals surface area contributed by atoms with Crippen LogP contribution in [0.25, 0.3) is 44.5 Å². The lowest BCUT2D eigenvalue weighted by molar-refractivity contribution is 0.478. The van der Waals surface area contributed by atoms with Gasteiger partial charge in [0.2, 0.25) is 0 Å². The van der Waals surface area contributed by atoms with E-state index in [2.05, 4.69) is 91.9 Å². The Kier molecular flexibility index (Phi) is 5.41. The topological polar surface area (TPSA) is 9.23 Å². The van der Waals surface area contributed by atoms with Crippen molar-refractivity contribution in [2.75, 3.05) is 0 Å². The Balaban J connectivity index is 1.47. The third-order valence-electron chi connectivity index (χ3n) is 5.90. The van der Waals surface area contributed by atoms with Crippen molar-refractivity contribution >= 4 is 44.5 Å². The van der Waals surface area contributed by atoms with Crippen molar-refractivity contribution in [3.8, 4) is 5.75 Å². The predicted octanol–water partition coefficient (Wildman–Crippen LogP) is 8.84. The zero-order valence-corrected chi connectivity index (χ0v) is 17.8. The van der Waals surface area contributed by atoms with Gasteiger partial charge < -0.3 is 4.74 Å². The Bertz CT molecular complexity index is 1370. The van der Waals surface area contributed by atoms with Gasteiger partial charge in [-0.25, -0.2) is 0 Å². The van der Waals surface area contributed by atoms with E-state index in [-0.39, 0.29) is 0 Å². The van der Waals surface area contributed by atoms with Crippen LogP contribution in [0.1, 0.15) is 37.3 Å². The molecule has 0 aliphatic rings. The molecule has 0 atom stereocenters. The van der Waals surface area contributed by atoms with Crippen LogP contribution in [0.5, 0.6) is 5.75 Å². The Hall–Kier alpha value is -3.58. The van der Waals surface area contributed by atoms with E-state index < -0.39 is 0 Å². The second kappa shape index (κ2) is 8.65. The van der Waals surface area contributed by atoms with E-state index in [1.165, 1.54) is 50.7 Å². The van der Waals surface area contributed by atoms with Gasteiger partial charge >= 0.3 is 0 Å². The summed E-state index contributed by atoms with van der Waals surface area (Å²) in [5.74, 6) is 0.866. The van der Waals surface area contributed by atoms with Crippen molar-refractivity contribution in [1.82, 2.24) is 0 Å². The molecule has 0 amide bonds. The van der Waals surface area contributed by atoms with Gasteiger partial charge in [-0.1, -0.05) is 92.2 Å². The molecular weight excluding hydrogens is 376 g/mol. The van der Waals surface area contributed by atoms with E-state index in [1.807, 2.05) is 12.1 Å². The first-order chi connectivity index (χ1) is 15.3. The largest absolute Gasteiger partial charge is 0.465 e. The SMILES string of the molecule is CCCCC=COc1cccc(C=Cc2ccc3ccc4cccc5ccc2c3c45)c1. The molecule has 0 radical (unpaired) electrons. The molecule has 0 aliphatic heterocycles. The summed E-state index contributed by atoms with van der Waals surface area (Å²) < 4.78 is 5.78. The number of hydrogen-bond acceptors (Lipinski definition) is 1. The number of rotatable bonds is 7. The van der Waals surface area contributed by atoms with Gasteiger partial charge in [0.25, 0.3) is 0 Å². The molecule has 31 heavy (non-hydrogen) atoms. The van der Waals surface area contributed by atoms with Crippen LogP contribution in [0, 0.1) is 0 Å². The Morgan fingerprint density at radius 2 is 1.48 bits per heavy atom. The second-order valence-corrected chi connectivity index (χ2v) is 8.05. The minimum Gasteiger partial charge on any atom is -0.465 e. The van der Waals surface area contributed by atoms with E-state index >= 15 is 0 Å². The standard InChI is InChI=1S/C30H26O/c1-2-3-4-5-20-31-27-11-6-8-22(21-27)12-13-23-14-15-26-17-16-24-9-7-10-25-18-19-28(23)30(26)29(24)25/h5-21H,2-4H2,1H3. The molecule has 5 rings (SSSR count). The van der Waals surface area contributed by atoms with Crippen LogP contribution in [0.15, 0.2) is 91.2 Å². The van der Waals surface area contributed by atoms with Crippen LogP contribution >= 0.6 is 0 Å². The zero-order chi connectivity index (χ0) is 21.0. The van der Waals surface area contributed by atoms with Crippen molar-refractivity contribution in [2.45, 2.75) is 26.2 Å². The fourth-order valence-corrected chi connectivity index (χ4v) is 4.30. The molecule has 0 aliphatic carbocycles. The summed E-state index contributed by atoms with van der Waals surface area (Å²) in [5.41, 5.74) is 2.36. The number of benzene rings is 5. The normalized spacial score (nSPS) is 12.2. The van der Waals surface area contributed by atoms with Crippen LogP contribution < -0.4 is 4.74 Å². The van der Waals surface area contributed by atoms with E-state index in [1.54, 1.807) is 6.26 Å². The Morgan fingerprint density at radius 3 is 2.32 bits per heavy atom. The average molecular weight is 403 g/mol. The van der Waals surface area contributed by atoms with E-state index in [0.29, 0.717) is 0 Å². The monoisotopic (exact) mass is 402 g/mol. The summed E-state index contributed by atoms with van der Waals surface area (Å²) in [7, 11) is 0. The lowest BCUT2D eigenvalue weighted by atomic mass is 9.92. The summed E-state index contributed by atoms with van der Waals surface area (Å²) in [6, 6.07) is 28.2. The smallest absolute Gasteiger partial charge is 0.127 e. The lowest BCUT2D eigenvalue weighted by Gasteiger charge is -2.12. The number of allylic oxidation sites excluding steroid dienone is 1. The van der Waals surface area contributed by atoms with Crippen LogP contribution in [0.3, 0.4) is 0 Å². The van der Waals surface area contributed by atoms with E-state index in [0.717, 1.165) is 17.7 Å². The summed E-state index contributed by atoms with van der Waals surface area (Å²) in [5, 5.41) is 7.90. The quantitative estimate of drug-likeness (QED) is 0.114. The summed E-state index contributed by atoms with van der Waals surface area (Å²) in [6.07, 6.45) is 11.7. The Morgan fingerprint density at radius 1 is 0.742 bits per heavy atom. The van der Waals surface area contributed by atoms with E-state index in [9.17, 15) is 0 Å². The highest BCUT2D eigenvalue weighted by Crippen LogP contribution is 2.36. The van der Waals surface area contributed by atoms with Gasteiger partial charge in [0.05, 0.1) is 6.26 Å². The van der Waals surface area contributed by atoms with Crippen LogP contribution in [0.4, 0.5) is 0 Å².